The maximum Gasteiger partial charge on any atom is 0.274 e. The van der Waals surface area contributed by atoms with E-state index in [0.29, 0.717) is 17.3 Å². The van der Waals surface area contributed by atoms with Crippen molar-refractivity contribution >= 4 is 23.1 Å². The van der Waals surface area contributed by atoms with Gasteiger partial charge in [0.1, 0.15) is 17.3 Å². The van der Waals surface area contributed by atoms with E-state index in [1.54, 1.807) is 13.0 Å². The zero-order chi connectivity index (χ0) is 20.5. The Kier molecular flexibility index (Phi) is 8.23. The third-order valence-electron chi connectivity index (χ3n) is 4.74. The van der Waals surface area contributed by atoms with Crippen LogP contribution in [0, 0.1) is 13.8 Å². The largest absolute Gasteiger partial charge is 0.372 e. The van der Waals surface area contributed by atoms with Crippen LogP contribution in [0.4, 0.5) is 17.2 Å². The summed E-state index contributed by atoms with van der Waals surface area (Å²) in [5.74, 6) is 1.06. The molecule has 0 radical (unpaired) electrons. The van der Waals surface area contributed by atoms with Crippen molar-refractivity contribution in [2.24, 2.45) is 0 Å². The van der Waals surface area contributed by atoms with Crippen LogP contribution in [-0.4, -0.2) is 35.5 Å². The Morgan fingerprint density at radius 3 is 2.43 bits per heavy atom. The molecule has 0 unspecified atom stereocenters. The molecule has 2 rings (SSSR count). The van der Waals surface area contributed by atoms with Gasteiger partial charge in [0, 0.05) is 37.1 Å². The van der Waals surface area contributed by atoms with Crippen LogP contribution in [0.2, 0.25) is 0 Å². The Labute approximate surface area is 168 Å². The van der Waals surface area contributed by atoms with E-state index in [2.05, 4.69) is 52.3 Å². The number of benzene rings is 1. The van der Waals surface area contributed by atoms with Gasteiger partial charge in [0.15, 0.2) is 0 Å². The van der Waals surface area contributed by atoms with Crippen molar-refractivity contribution in [3.8, 4) is 0 Å². The Morgan fingerprint density at radius 2 is 1.79 bits per heavy atom. The van der Waals surface area contributed by atoms with E-state index >= 15 is 0 Å². The van der Waals surface area contributed by atoms with E-state index in [-0.39, 0.29) is 5.91 Å². The number of unbranched alkanes of at least 4 members (excludes halogenated alkanes) is 2. The van der Waals surface area contributed by atoms with Crippen LogP contribution >= 0.6 is 0 Å². The lowest BCUT2D eigenvalue weighted by Crippen LogP contribution is -2.22. The predicted molar refractivity (Wildman–Crippen MR) is 117 cm³/mol. The fourth-order valence-corrected chi connectivity index (χ4v) is 3.13. The molecule has 1 aromatic heterocycles. The number of aryl methyl sites for hydroxylation is 2. The van der Waals surface area contributed by atoms with Crippen molar-refractivity contribution in [2.45, 2.75) is 53.9 Å². The molecule has 0 aliphatic carbocycles. The first-order valence-corrected chi connectivity index (χ1v) is 10.2. The summed E-state index contributed by atoms with van der Waals surface area (Å²) in [4.78, 5) is 23.7. The van der Waals surface area contributed by atoms with Gasteiger partial charge < -0.3 is 15.5 Å². The van der Waals surface area contributed by atoms with Crippen LogP contribution in [0.25, 0.3) is 0 Å². The van der Waals surface area contributed by atoms with E-state index < -0.39 is 0 Å². The molecule has 0 aliphatic rings. The number of anilines is 3. The van der Waals surface area contributed by atoms with Crippen molar-refractivity contribution in [3.63, 3.8) is 0 Å². The molecule has 2 N–H and O–H groups in total. The van der Waals surface area contributed by atoms with Crippen molar-refractivity contribution < 1.29 is 4.79 Å². The number of aromatic nitrogens is 2. The lowest BCUT2D eigenvalue weighted by Gasteiger charge is -2.22. The molecule has 0 fully saturated rings. The summed E-state index contributed by atoms with van der Waals surface area (Å²) in [7, 11) is 0. The third-order valence-corrected chi connectivity index (χ3v) is 4.74. The first-order chi connectivity index (χ1) is 13.5. The second-order valence-electron chi connectivity index (χ2n) is 6.95. The van der Waals surface area contributed by atoms with Crippen LogP contribution in [0.15, 0.2) is 24.3 Å². The van der Waals surface area contributed by atoms with E-state index in [1.807, 2.05) is 19.1 Å². The Bertz CT molecular complexity index is 786. The van der Waals surface area contributed by atoms with Crippen LogP contribution in [0.1, 0.15) is 61.9 Å². The number of nitrogens with zero attached hydrogens (tertiary/aromatic N) is 3. The maximum absolute atomic E-state index is 12.7. The molecule has 1 aromatic carbocycles. The van der Waals surface area contributed by atoms with Gasteiger partial charge in [0.25, 0.3) is 5.91 Å². The highest BCUT2D eigenvalue weighted by Gasteiger charge is 2.13. The predicted octanol–water partition coefficient (Wildman–Crippen LogP) is 4.79. The maximum atomic E-state index is 12.7. The minimum atomic E-state index is -0.221. The van der Waals surface area contributed by atoms with Gasteiger partial charge in [-0.15, -0.1) is 0 Å². The van der Waals surface area contributed by atoms with Gasteiger partial charge in [-0.2, -0.15) is 0 Å². The lowest BCUT2D eigenvalue weighted by molar-refractivity contribution is 0.102. The summed E-state index contributed by atoms with van der Waals surface area (Å²) in [6.45, 7) is 13.0. The van der Waals surface area contributed by atoms with Gasteiger partial charge in [0.05, 0.1) is 0 Å². The SMILES string of the molecule is CCCCCNc1cc(C(=O)Nc2ccc(N(CC)CC)cc2C)nc(C)n1. The minimum absolute atomic E-state index is 0.221. The van der Waals surface area contributed by atoms with Gasteiger partial charge in [-0.05, 0) is 57.9 Å². The summed E-state index contributed by atoms with van der Waals surface area (Å²) in [6.07, 6.45) is 3.43. The van der Waals surface area contributed by atoms with Crippen molar-refractivity contribution in [3.05, 3.63) is 41.3 Å². The number of hydrogen-bond donors (Lipinski definition) is 2. The van der Waals surface area contributed by atoms with Gasteiger partial charge in [0.2, 0.25) is 0 Å². The average Bonchev–Trinajstić information content (AvgIpc) is 2.68. The van der Waals surface area contributed by atoms with Crippen molar-refractivity contribution in [1.29, 1.82) is 0 Å². The number of carbonyl (C=O) groups is 1. The molecule has 0 saturated carbocycles. The molecule has 0 saturated heterocycles. The van der Waals surface area contributed by atoms with Crippen LogP contribution in [0.5, 0.6) is 0 Å². The molecule has 0 spiro atoms. The number of rotatable bonds is 10. The molecule has 152 valence electrons. The van der Waals surface area contributed by atoms with E-state index in [9.17, 15) is 4.79 Å². The first-order valence-electron chi connectivity index (χ1n) is 10.2. The van der Waals surface area contributed by atoms with Gasteiger partial charge in [-0.25, -0.2) is 9.97 Å². The Morgan fingerprint density at radius 1 is 1.04 bits per heavy atom. The third kappa shape index (κ3) is 5.94. The topological polar surface area (TPSA) is 70.2 Å². The molecule has 1 heterocycles. The van der Waals surface area contributed by atoms with E-state index in [1.165, 1.54) is 12.8 Å². The molecular formula is C22H33N5O. The summed E-state index contributed by atoms with van der Waals surface area (Å²) >= 11 is 0. The van der Waals surface area contributed by atoms with Gasteiger partial charge in [-0.3, -0.25) is 4.79 Å². The van der Waals surface area contributed by atoms with Crippen LogP contribution in [0.3, 0.4) is 0 Å². The molecule has 2 aromatic rings. The number of nitrogens with one attached hydrogen (secondary N) is 2. The normalized spacial score (nSPS) is 10.6. The standard InChI is InChI=1S/C22H33N5O/c1-6-9-10-13-23-21-15-20(24-17(5)25-21)22(28)26-19-12-11-18(14-16(19)4)27(7-2)8-3/h11-12,14-15H,6-10,13H2,1-5H3,(H,26,28)(H,23,24,25). The summed E-state index contributed by atoms with van der Waals surface area (Å²) in [5.41, 5.74) is 3.37. The van der Waals surface area contributed by atoms with Crippen LogP contribution in [-0.2, 0) is 0 Å². The molecule has 28 heavy (non-hydrogen) atoms. The highest BCUT2D eigenvalue weighted by molar-refractivity contribution is 6.03. The summed E-state index contributed by atoms with van der Waals surface area (Å²) in [5, 5.41) is 6.27. The number of carbonyl (C=O) groups excluding carboxylic acids is 1. The van der Waals surface area contributed by atoms with Crippen LogP contribution < -0.4 is 15.5 Å². The molecule has 1 amide bonds. The zero-order valence-corrected chi connectivity index (χ0v) is 17.8. The zero-order valence-electron chi connectivity index (χ0n) is 17.8. The van der Waals surface area contributed by atoms with Gasteiger partial charge in [-0.1, -0.05) is 19.8 Å². The average molecular weight is 384 g/mol. The molecule has 0 atom stereocenters. The molecule has 6 nitrogen and oxygen atoms in total. The molecule has 6 heteroatoms. The summed E-state index contributed by atoms with van der Waals surface area (Å²) < 4.78 is 0. The number of amides is 1. The number of hydrogen-bond acceptors (Lipinski definition) is 5. The fourth-order valence-electron chi connectivity index (χ4n) is 3.13. The van der Waals surface area contributed by atoms with E-state index in [4.69, 9.17) is 0 Å². The smallest absolute Gasteiger partial charge is 0.274 e. The van der Waals surface area contributed by atoms with Crippen molar-refractivity contribution in [1.82, 2.24) is 9.97 Å². The molecule has 0 bridgehead atoms. The summed E-state index contributed by atoms with van der Waals surface area (Å²) in [6, 6.07) is 7.82. The molecular weight excluding hydrogens is 350 g/mol. The highest BCUT2D eigenvalue weighted by Crippen LogP contribution is 2.23. The highest BCUT2D eigenvalue weighted by atomic mass is 16.1. The first kappa shape index (κ1) is 21.7. The fraction of sp³-hybridized carbons (Fsp3) is 0.500. The minimum Gasteiger partial charge on any atom is -0.372 e. The second-order valence-corrected chi connectivity index (χ2v) is 6.95. The Hall–Kier alpha value is -2.63. The molecule has 0 aliphatic heterocycles. The van der Waals surface area contributed by atoms with E-state index in [0.717, 1.165) is 43.0 Å². The van der Waals surface area contributed by atoms with Gasteiger partial charge >= 0.3 is 0 Å². The van der Waals surface area contributed by atoms with Crippen molar-refractivity contribution in [2.75, 3.05) is 35.2 Å². The Balaban J connectivity index is 2.11. The lowest BCUT2D eigenvalue weighted by atomic mass is 10.1. The monoisotopic (exact) mass is 383 g/mol. The second kappa shape index (κ2) is 10.6. The quantitative estimate of drug-likeness (QED) is 0.577.